The zero-order chi connectivity index (χ0) is 14.0. The molecule has 1 aliphatic rings. The molecule has 0 amide bonds. The molecule has 5 nitrogen and oxygen atoms in total. The Morgan fingerprint density at radius 1 is 1.42 bits per heavy atom. The summed E-state index contributed by atoms with van der Waals surface area (Å²) in [4.78, 5) is 12.9. The molecule has 19 heavy (non-hydrogen) atoms. The number of rotatable bonds is 3. The summed E-state index contributed by atoms with van der Waals surface area (Å²) in [6, 6.07) is 6.76. The molecule has 1 fully saturated rings. The molecule has 0 bridgehead atoms. The van der Waals surface area contributed by atoms with Crippen LogP contribution in [0, 0.1) is 0 Å². The lowest BCUT2D eigenvalue weighted by atomic mass is 10.0. The molecule has 0 radical (unpaired) electrons. The van der Waals surface area contributed by atoms with E-state index in [1.54, 1.807) is 24.3 Å². The van der Waals surface area contributed by atoms with Crippen molar-refractivity contribution in [2.75, 3.05) is 24.6 Å². The minimum absolute atomic E-state index is 0.0207. The fourth-order valence-corrected chi connectivity index (χ4v) is 2.40. The summed E-state index contributed by atoms with van der Waals surface area (Å²) in [6.07, 6.45) is -0.220. The first-order valence-electron chi connectivity index (χ1n) is 6.28. The quantitative estimate of drug-likeness (QED) is 0.863. The lowest BCUT2D eigenvalue weighted by Crippen LogP contribution is -2.54. The number of aliphatic hydroxyl groups is 1. The first kappa shape index (κ1) is 13.8. The average Bonchev–Trinajstić information content (AvgIpc) is 2.37. The number of aliphatic hydroxyl groups excluding tert-OH is 1. The van der Waals surface area contributed by atoms with Gasteiger partial charge in [0.25, 0.3) is 0 Å². The molecule has 5 heteroatoms. The van der Waals surface area contributed by atoms with Crippen LogP contribution in [0.15, 0.2) is 24.3 Å². The van der Waals surface area contributed by atoms with E-state index in [0.717, 1.165) is 5.69 Å². The summed E-state index contributed by atoms with van der Waals surface area (Å²) < 4.78 is 5.75. The molecule has 2 rings (SSSR count). The Hall–Kier alpha value is -1.59. The molecule has 1 saturated heterocycles. The van der Waals surface area contributed by atoms with Gasteiger partial charge < -0.3 is 19.8 Å². The molecule has 0 aliphatic carbocycles. The van der Waals surface area contributed by atoms with Crippen LogP contribution in [-0.2, 0) is 4.74 Å². The second kappa shape index (κ2) is 5.19. The van der Waals surface area contributed by atoms with Gasteiger partial charge in [-0.25, -0.2) is 4.79 Å². The highest BCUT2D eigenvalue weighted by atomic mass is 16.5. The molecule has 0 spiro atoms. The molecule has 0 saturated carbocycles. The van der Waals surface area contributed by atoms with E-state index in [-0.39, 0.29) is 23.9 Å². The lowest BCUT2D eigenvalue weighted by Gasteiger charge is -2.43. The van der Waals surface area contributed by atoms with Crippen molar-refractivity contribution in [2.24, 2.45) is 0 Å². The molecule has 1 heterocycles. The molecule has 1 aliphatic heterocycles. The molecule has 1 aromatic rings. The van der Waals surface area contributed by atoms with E-state index in [9.17, 15) is 9.90 Å². The van der Waals surface area contributed by atoms with E-state index in [1.807, 2.05) is 13.8 Å². The van der Waals surface area contributed by atoms with Gasteiger partial charge in [-0.3, -0.25) is 0 Å². The smallest absolute Gasteiger partial charge is 0.335 e. The average molecular weight is 265 g/mol. The van der Waals surface area contributed by atoms with Crippen LogP contribution in [-0.4, -0.2) is 47.6 Å². The van der Waals surface area contributed by atoms with Crippen molar-refractivity contribution in [3.8, 4) is 0 Å². The van der Waals surface area contributed by atoms with Crippen molar-refractivity contribution in [1.29, 1.82) is 0 Å². The SMILES string of the molecule is CC1(C)CN(c2ccc(C(=O)O)cc2)CC(CO)O1. The van der Waals surface area contributed by atoms with Gasteiger partial charge in [0.2, 0.25) is 0 Å². The largest absolute Gasteiger partial charge is 0.478 e. The molecular formula is C14H19NO4. The van der Waals surface area contributed by atoms with Crippen LogP contribution < -0.4 is 4.90 Å². The minimum atomic E-state index is -0.929. The van der Waals surface area contributed by atoms with Crippen molar-refractivity contribution in [2.45, 2.75) is 25.6 Å². The topological polar surface area (TPSA) is 70.0 Å². The summed E-state index contributed by atoms with van der Waals surface area (Å²) in [5.41, 5.74) is 0.881. The normalized spacial score (nSPS) is 22.3. The Labute approximate surface area is 112 Å². The number of carbonyl (C=O) groups is 1. The first-order valence-corrected chi connectivity index (χ1v) is 6.28. The number of carboxylic acid groups (broad SMARTS) is 1. The zero-order valence-corrected chi connectivity index (χ0v) is 11.2. The van der Waals surface area contributed by atoms with Gasteiger partial charge in [0.1, 0.15) is 0 Å². The predicted molar refractivity (Wildman–Crippen MR) is 71.7 cm³/mol. The Bertz CT molecular complexity index is 455. The molecule has 1 unspecified atom stereocenters. The summed E-state index contributed by atoms with van der Waals surface area (Å²) in [5.74, 6) is -0.929. The maximum atomic E-state index is 10.8. The molecule has 1 atom stereocenters. The number of hydrogen-bond donors (Lipinski definition) is 2. The summed E-state index contributed by atoms with van der Waals surface area (Å²) in [6.45, 7) is 5.25. The lowest BCUT2D eigenvalue weighted by molar-refractivity contribution is -0.101. The van der Waals surface area contributed by atoms with Crippen molar-refractivity contribution in [1.82, 2.24) is 0 Å². The van der Waals surface area contributed by atoms with Crippen LogP contribution in [0.4, 0.5) is 5.69 Å². The fraction of sp³-hybridized carbons (Fsp3) is 0.500. The second-order valence-corrected chi connectivity index (χ2v) is 5.41. The fourth-order valence-electron chi connectivity index (χ4n) is 2.40. The van der Waals surface area contributed by atoms with E-state index >= 15 is 0 Å². The maximum absolute atomic E-state index is 10.8. The summed E-state index contributed by atoms with van der Waals surface area (Å²) in [7, 11) is 0. The standard InChI is InChI=1S/C14H19NO4/c1-14(2)9-15(7-12(8-16)19-14)11-5-3-10(4-6-11)13(17)18/h3-6,12,16H,7-9H2,1-2H3,(H,17,18). The maximum Gasteiger partial charge on any atom is 0.335 e. The van der Waals surface area contributed by atoms with Gasteiger partial charge in [-0.05, 0) is 38.1 Å². The monoisotopic (exact) mass is 265 g/mol. The Kier molecular flexibility index (Phi) is 3.78. The summed E-state index contributed by atoms with van der Waals surface area (Å²) >= 11 is 0. The van der Waals surface area contributed by atoms with Crippen LogP contribution >= 0.6 is 0 Å². The Balaban J connectivity index is 2.18. The number of anilines is 1. The number of nitrogens with zero attached hydrogens (tertiary/aromatic N) is 1. The third-order valence-electron chi connectivity index (χ3n) is 3.16. The second-order valence-electron chi connectivity index (χ2n) is 5.41. The summed E-state index contributed by atoms with van der Waals surface area (Å²) in [5, 5.41) is 18.2. The van der Waals surface area contributed by atoms with Crippen molar-refractivity contribution in [3.05, 3.63) is 29.8 Å². The predicted octanol–water partition coefficient (Wildman–Crippen LogP) is 1.36. The highest BCUT2D eigenvalue weighted by Gasteiger charge is 2.33. The van der Waals surface area contributed by atoms with Crippen LogP contribution in [0.1, 0.15) is 24.2 Å². The van der Waals surface area contributed by atoms with Gasteiger partial charge in [0.05, 0.1) is 23.9 Å². The van der Waals surface area contributed by atoms with Crippen molar-refractivity contribution >= 4 is 11.7 Å². The zero-order valence-electron chi connectivity index (χ0n) is 11.2. The minimum Gasteiger partial charge on any atom is -0.478 e. The first-order chi connectivity index (χ1) is 8.91. The third-order valence-corrected chi connectivity index (χ3v) is 3.16. The molecule has 1 aromatic carbocycles. The highest BCUT2D eigenvalue weighted by molar-refractivity contribution is 5.88. The van der Waals surface area contributed by atoms with E-state index < -0.39 is 5.97 Å². The van der Waals surface area contributed by atoms with Gasteiger partial charge in [-0.15, -0.1) is 0 Å². The number of benzene rings is 1. The van der Waals surface area contributed by atoms with Gasteiger partial charge >= 0.3 is 5.97 Å². The molecule has 2 N–H and O–H groups in total. The third kappa shape index (κ3) is 3.24. The number of ether oxygens (including phenoxy) is 1. The number of hydrogen-bond acceptors (Lipinski definition) is 4. The molecular weight excluding hydrogens is 246 g/mol. The van der Waals surface area contributed by atoms with E-state index in [1.165, 1.54) is 0 Å². The van der Waals surface area contributed by atoms with E-state index in [0.29, 0.717) is 13.1 Å². The van der Waals surface area contributed by atoms with E-state index in [2.05, 4.69) is 4.90 Å². The van der Waals surface area contributed by atoms with Crippen LogP contribution in [0.5, 0.6) is 0 Å². The number of carboxylic acids is 1. The van der Waals surface area contributed by atoms with Gasteiger partial charge in [-0.1, -0.05) is 0 Å². The Morgan fingerprint density at radius 2 is 2.05 bits per heavy atom. The van der Waals surface area contributed by atoms with Gasteiger partial charge in [0.15, 0.2) is 0 Å². The van der Waals surface area contributed by atoms with Crippen molar-refractivity contribution < 1.29 is 19.7 Å². The van der Waals surface area contributed by atoms with Gasteiger partial charge in [0, 0.05) is 18.8 Å². The van der Waals surface area contributed by atoms with E-state index in [4.69, 9.17) is 9.84 Å². The number of morpholine rings is 1. The van der Waals surface area contributed by atoms with Crippen LogP contribution in [0.3, 0.4) is 0 Å². The highest BCUT2D eigenvalue weighted by Crippen LogP contribution is 2.26. The number of aromatic carboxylic acids is 1. The molecule has 104 valence electrons. The van der Waals surface area contributed by atoms with Crippen LogP contribution in [0.2, 0.25) is 0 Å². The van der Waals surface area contributed by atoms with Gasteiger partial charge in [-0.2, -0.15) is 0 Å². The van der Waals surface area contributed by atoms with Crippen molar-refractivity contribution in [3.63, 3.8) is 0 Å². The Morgan fingerprint density at radius 3 is 2.58 bits per heavy atom. The molecule has 0 aromatic heterocycles. The van der Waals surface area contributed by atoms with Crippen LogP contribution in [0.25, 0.3) is 0 Å².